The van der Waals surface area contributed by atoms with E-state index in [2.05, 4.69) is 24.7 Å². The lowest BCUT2D eigenvalue weighted by molar-refractivity contribution is -0.687. The van der Waals surface area contributed by atoms with Gasteiger partial charge in [0.1, 0.15) is 35.5 Å². The molecule has 2 amide bonds. The van der Waals surface area contributed by atoms with Crippen molar-refractivity contribution in [2.24, 2.45) is 5.16 Å². The van der Waals surface area contributed by atoms with E-state index in [9.17, 15) is 23.9 Å². The number of carbonyl (C=O) groups is 3. The summed E-state index contributed by atoms with van der Waals surface area (Å²) in [5.74, 6) is -2.55. The first kappa shape index (κ1) is 24.1. The van der Waals surface area contributed by atoms with Crippen molar-refractivity contribution in [2.75, 3.05) is 18.3 Å². The number of hydrogen-bond acceptors (Lipinski definition) is 11. The van der Waals surface area contributed by atoms with Gasteiger partial charge in [0.05, 0.1) is 0 Å². The number of nitrogens with one attached hydrogen (secondary N) is 1. The molecule has 2 aliphatic rings. The predicted molar refractivity (Wildman–Crippen MR) is 128 cm³/mol. The number of imidazole rings is 1. The number of nitrogen functional groups attached to an aromatic ring is 1. The van der Waals surface area contributed by atoms with Crippen LogP contribution in [0, 0.1) is 6.92 Å². The van der Waals surface area contributed by atoms with Crippen LogP contribution in [0.1, 0.15) is 11.5 Å². The van der Waals surface area contributed by atoms with Gasteiger partial charge < -0.3 is 21.0 Å². The number of carboxylic acids is 1. The number of thioether (sulfide) groups is 1. The summed E-state index contributed by atoms with van der Waals surface area (Å²) < 4.78 is 20.2. The van der Waals surface area contributed by atoms with E-state index >= 15 is 0 Å². The van der Waals surface area contributed by atoms with Gasteiger partial charge in [0.15, 0.2) is 5.13 Å². The molecule has 0 aliphatic carbocycles. The summed E-state index contributed by atoms with van der Waals surface area (Å²) in [6.45, 7) is 0.978. The number of nitrogens with two attached hydrogens (primary N) is 1. The molecule has 188 valence electrons. The highest BCUT2D eigenvalue weighted by Gasteiger charge is 2.54. The minimum Gasteiger partial charge on any atom is -0.477 e. The molecule has 0 radical (unpaired) electrons. The first-order chi connectivity index (χ1) is 17.3. The van der Waals surface area contributed by atoms with Crippen LogP contribution >= 0.6 is 34.6 Å². The van der Waals surface area contributed by atoms with Gasteiger partial charge >= 0.3 is 5.97 Å². The second-order valence-electron chi connectivity index (χ2n) is 7.75. The Bertz CT molecular complexity index is 1450. The number of rotatable bonds is 8. The normalized spacial score (nSPS) is 19.9. The van der Waals surface area contributed by atoms with E-state index in [4.69, 9.17) is 5.73 Å². The average molecular weight is 554 g/mol. The molecular formula is C19H18FN8O5S3+. The quantitative estimate of drug-likeness (QED) is 0.152. The van der Waals surface area contributed by atoms with Crippen LogP contribution in [0.4, 0.5) is 9.52 Å². The van der Waals surface area contributed by atoms with Gasteiger partial charge in [0, 0.05) is 28.2 Å². The van der Waals surface area contributed by atoms with E-state index in [1.807, 2.05) is 33.8 Å². The Hall–Kier alpha value is -3.57. The van der Waals surface area contributed by atoms with Gasteiger partial charge in [-0.15, -0.1) is 11.8 Å². The molecule has 3 aromatic rings. The molecule has 0 spiro atoms. The molecule has 1 saturated heterocycles. The minimum absolute atomic E-state index is 0.0549. The first-order valence-corrected chi connectivity index (χ1v) is 13.0. The molecule has 5 rings (SSSR count). The molecule has 17 heteroatoms. The summed E-state index contributed by atoms with van der Waals surface area (Å²) in [4.78, 5) is 48.3. The van der Waals surface area contributed by atoms with Gasteiger partial charge in [-0.1, -0.05) is 16.5 Å². The number of carboxylic acid groups (broad SMARTS) is 1. The number of halogens is 1. The second-order valence-corrected chi connectivity index (χ2v) is 10.5. The number of aryl methyl sites for hydroxylation is 1. The third-order valence-corrected chi connectivity index (χ3v) is 8.38. The lowest BCUT2D eigenvalue weighted by Gasteiger charge is -2.49. The van der Waals surface area contributed by atoms with Crippen LogP contribution in [0.5, 0.6) is 0 Å². The molecule has 3 aromatic heterocycles. The van der Waals surface area contributed by atoms with Gasteiger partial charge in [-0.05, 0) is 6.92 Å². The van der Waals surface area contributed by atoms with Crippen LogP contribution in [0.3, 0.4) is 0 Å². The minimum atomic E-state index is -1.29. The summed E-state index contributed by atoms with van der Waals surface area (Å²) >= 11 is 3.70. The second kappa shape index (κ2) is 9.47. The Labute approximate surface area is 214 Å². The van der Waals surface area contributed by atoms with E-state index in [-0.39, 0.29) is 16.7 Å². The van der Waals surface area contributed by atoms with Crippen LogP contribution in [0.15, 0.2) is 34.3 Å². The molecule has 0 unspecified atom stereocenters. The van der Waals surface area contributed by atoms with Crippen LogP contribution < -0.4 is 15.6 Å². The summed E-state index contributed by atoms with van der Waals surface area (Å²) in [6, 6.07) is -1.03. The molecular weight excluding hydrogens is 535 g/mol. The highest BCUT2D eigenvalue weighted by atomic mass is 32.2. The molecule has 0 saturated carbocycles. The number of nitrogens with zero attached hydrogens (tertiary/aromatic N) is 6. The number of thiazole rings is 1. The molecule has 2 atom stereocenters. The number of fused-ring (bicyclic) bond motifs is 2. The number of carbonyl (C=O) groups excluding carboxylic acids is 2. The molecule has 36 heavy (non-hydrogen) atoms. The zero-order valence-electron chi connectivity index (χ0n) is 18.5. The average Bonchev–Trinajstić information content (AvgIpc) is 3.55. The van der Waals surface area contributed by atoms with Crippen LogP contribution in [0.25, 0.3) is 4.83 Å². The summed E-state index contributed by atoms with van der Waals surface area (Å²) in [7, 11) is 0. The third-order valence-electron chi connectivity index (χ3n) is 5.49. The van der Waals surface area contributed by atoms with Crippen molar-refractivity contribution >= 4 is 68.1 Å². The van der Waals surface area contributed by atoms with Crippen molar-refractivity contribution in [3.8, 4) is 0 Å². The Morgan fingerprint density at radius 2 is 2.28 bits per heavy atom. The molecule has 13 nitrogen and oxygen atoms in total. The molecule has 5 heterocycles. The number of anilines is 1. The SMILES string of the molecule is Cc1csc2c[n+](CC3=C(C(=O)O)N4C(=O)[C@@H](NC(=O)/C(=N\OCF)c5nsc(N)n5)[C@H]4SC3)cn12. The Balaban J connectivity index is 1.35. The zero-order valence-corrected chi connectivity index (χ0v) is 20.9. The predicted octanol–water partition coefficient (Wildman–Crippen LogP) is 0.117. The maximum Gasteiger partial charge on any atom is 0.352 e. The van der Waals surface area contributed by atoms with Gasteiger partial charge in [-0.3, -0.25) is 14.5 Å². The fourth-order valence-corrected chi connectivity index (χ4v) is 6.60. The lowest BCUT2D eigenvalue weighted by atomic mass is 10.0. The van der Waals surface area contributed by atoms with Crippen molar-refractivity contribution in [3.05, 3.63) is 40.7 Å². The number of β-lactam (4-membered cyclic amide) rings is 1. The molecule has 0 aromatic carbocycles. The third kappa shape index (κ3) is 4.18. The smallest absolute Gasteiger partial charge is 0.352 e. The largest absolute Gasteiger partial charge is 0.477 e. The molecule has 0 bridgehead atoms. The van der Waals surface area contributed by atoms with Gasteiger partial charge in [0.25, 0.3) is 18.7 Å². The first-order valence-electron chi connectivity index (χ1n) is 10.3. The Morgan fingerprint density at radius 1 is 1.47 bits per heavy atom. The highest BCUT2D eigenvalue weighted by Crippen LogP contribution is 2.40. The van der Waals surface area contributed by atoms with E-state index in [1.165, 1.54) is 16.7 Å². The van der Waals surface area contributed by atoms with E-state index in [0.29, 0.717) is 17.9 Å². The fourth-order valence-electron chi connectivity index (χ4n) is 3.92. The molecule has 4 N–H and O–H groups in total. The van der Waals surface area contributed by atoms with Crippen LogP contribution in [-0.4, -0.2) is 71.3 Å². The van der Waals surface area contributed by atoms with Crippen LogP contribution in [0.2, 0.25) is 0 Å². The van der Waals surface area contributed by atoms with Crippen molar-refractivity contribution in [2.45, 2.75) is 24.9 Å². The number of alkyl halides is 1. The lowest BCUT2D eigenvalue weighted by Crippen LogP contribution is -2.71. The van der Waals surface area contributed by atoms with Crippen molar-refractivity contribution in [1.29, 1.82) is 0 Å². The van der Waals surface area contributed by atoms with Gasteiger partial charge in [-0.25, -0.2) is 13.8 Å². The van der Waals surface area contributed by atoms with Gasteiger partial charge in [-0.2, -0.15) is 13.8 Å². The monoisotopic (exact) mass is 553 g/mol. The topological polar surface area (TPSA) is 168 Å². The number of hydrogen-bond donors (Lipinski definition) is 3. The van der Waals surface area contributed by atoms with Gasteiger partial charge in [0.2, 0.25) is 22.7 Å². The summed E-state index contributed by atoms with van der Waals surface area (Å²) in [6.07, 6.45) is 3.80. The van der Waals surface area contributed by atoms with Crippen molar-refractivity contribution < 1.29 is 33.3 Å². The number of aromatic nitrogens is 4. The summed E-state index contributed by atoms with van der Waals surface area (Å²) in [5, 5.41) is 17.3. The standard InChI is InChI=1S/C19H17FN8O5S3/c1-8-4-34-10-3-26(7-27(8)10)2-9-5-35-17-12(16(30)28(17)13(9)18(31)32)22-15(29)11(24-33-6-20)14-23-19(21)36-25-14/h3-4,7,12,17H,2,5-6H2,1H3,(H3-,21,22,23,25,29,31,32)/p+1/b24-11-/t12-,17-/m1/s1. The van der Waals surface area contributed by atoms with E-state index in [1.54, 1.807) is 11.3 Å². The van der Waals surface area contributed by atoms with Crippen molar-refractivity contribution in [1.82, 2.24) is 24.0 Å². The highest BCUT2D eigenvalue weighted by molar-refractivity contribution is 8.00. The maximum absolute atomic E-state index is 13.0. The number of aliphatic carboxylic acids is 1. The molecule has 2 aliphatic heterocycles. The summed E-state index contributed by atoms with van der Waals surface area (Å²) in [5.41, 5.74) is 6.62. The maximum atomic E-state index is 13.0. The Kier molecular flexibility index (Phi) is 6.35. The Morgan fingerprint density at radius 3 is 2.94 bits per heavy atom. The fraction of sp³-hybridized carbons (Fsp3) is 0.316. The molecule has 1 fully saturated rings. The van der Waals surface area contributed by atoms with E-state index in [0.717, 1.165) is 22.1 Å². The van der Waals surface area contributed by atoms with E-state index < -0.39 is 41.8 Å². The van der Waals surface area contributed by atoms with Crippen molar-refractivity contribution in [3.63, 3.8) is 0 Å². The number of oxime groups is 1. The number of amides is 2. The van der Waals surface area contributed by atoms with Crippen LogP contribution in [-0.2, 0) is 25.8 Å². The zero-order chi connectivity index (χ0) is 25.6.